The maximum atomic E-state index is 13.0. The van der Waals surface area contributed by atoms with Crippen LogP contribution in [0.25, 0.3) is 0 Å². The summed E-state index contributed by atoms with van der Waals surface area (Å²) in [6.45, 7) is 3.21. The van der Waals surface area contributed by atoms with Crippen LogP contribution in [0.1, 0.15) is 66.8 Å². The van der Waals surface area contributed by atoms with Crippen molar-refractivity contribution < 1.29 is 14.1 Å². The standard InChI is InChI=1S/C23H30N2O3S2/c1-23(2,27)22-25-13-21(29-22)30(24,28)14-18(26)12-20-17(11-15-5-3-6-15)10-9-16-7-4-8-19(16)20/h9-10,13,15,24,27H,3-8,11-12,14H2,1-2H3. The molecule has 1 fully saturated rings. The van der Waals surface area contributed by atoms with Crippen molar-refractivity contribution in [1.29, 1.82) is 4.78 Å². The molecule has 1 aromatic heterocycles. The summed E-state index contributed by atoms with van der Waals surface area (Å²) in [5.41, 5.74) is 3.92. The van der Waals surface area contributed by atoms with E-state index in [4.69, 9.17) is 4.78 Å². The van der Waals surface area contributed by atoms with Gasteiger partial charge in [-0.05, 0) is 67.7 Å². The number of Topliss-reactive ketones (excluding diaryl/α,β-unsaturated/α-hetero) is 1. The van der Waals surface area contributed by atoms with Crippen LogP contribution in [0.4, 0.5) is 0 Å². The smallest absolute Gasteiger partial charge is 0.151 e. The van der Waals surface area contributed by atoms with Gasteiger partial charge in [0.2, 0.25) is 0 Å². The maximum Gasteiger partial charge on any atom is 0.151 e. The first-order valence-electron chi connectivity index (χ1n) is 10.7. The lowest BCUT2D eigenvalue weighted by molar-refractivity contribution is -0.116. The SMILES string of the molecule is CC(C)(O)c1ncc(S(=N)(=O)CC(=O)Cc2c(CC3CCC3)ccc3c2CCC3)s1. The summed E-state index contributed by atoms with van der Waals surface area (Å²) in [5, 5.41) is 10.5. The monoisotopic (exact) mass is 446 g/mol. The minimum Gasteiger partial charge on any atom is -0.383 e. The summed E-state index contributed by atoms with van der Waals surface area (Å²) in [6, 6.07) is 4.43. The molecule has 0 bridgehead atoms. The van der Waals surface area contributed by atoms with E-state index in [1.165, 1.54) is 42.1 Å². The number of thiazole rings is 1. The third-order valence-electron chi connectivity index (χ3n) is 6.30. The molecule has 30 heavy (non-hydrogen) atoms. The Balaban J connectivity index is 1.53. The molecule has 0 radical (unpaired) electrons. The van der Waals surface area contributed by atoms with E-state index < -0.39 is 15.3 Å². The lowest BCUT2D eigenvalue weighted by atomic mass is 9.79. The van der Waals surface area contributed by atoms with Crippen LogP contribution in [-0.4, -0.2) is 25.8 Å². The minimum atomic E-state index is -3.27. The Morgan fingerprint density at radius 1 is 1.30 bits per heavy atom. The highest BCUT2D eigenvalue weighted by Gasteiger charge is 2.27. The number of hydrogen-bond donors (Lipinski definition) is 2. The summed E-state index contributed by atoms with van der Waals surface area (Å²) in [4.78, 5) is 17.1. The van der Waals surface area contributed by atoms with Gasteiger partial charge in [-0.1, -0.05) is 31.4 Å². The summed E-state index contributed by atoms with van der Waals surface area (Å²) >= 11 is 1.06. The van der Waals surface area contributed by atoms with Gasteiger partial charge in [-0.3, -0.25) is 4.79 Å². The predicted octanol–water partition coefficient (Wildman–Crippen LogP) is 4.42. The van der Waals surface area contributed by atoms with Gasteiger partial charge in [-0.25, -0.2) is 14.0 Å². The van der Waals surface area contributed by atoms with Crippen LogP contribution in [0, 0.1) is 10.7 Å². The Hall–Kier alpha value is -1.57. The van der Waals surface area contributed by atoms with Gasteiger partial charge in [0.15, 0.2) is 5.78 Å². The molecule has 2 N–H and O–H groups in total. The third kappa shape index (κ3) is 4.53. The third-order valence-corrected chi connectivity index (χ3v) is 9.95. The molecule has 2 aliphatic rings. The van der Waals surface area contributed by atoms with E-state index in [-0.39, 0.29) is 22.2 Å². The second-order valence-corrected chi connectivity index (χ2v) is 12.6. The van der Waals surface area contributed by atoms with Crippen molar-refractivity contribution in [3.05, 3.63) is 45.6 Å². The number of ketones is 1. The predicted molar refractivity (Wildman–Crippen MR) is 120 cm³/mol. The Kier molecular flexibility index (Phi) is 5.90. The molecule has 4 rings (SSSR count). The van der Waals surface area contributed by atoms with Gasteiger partial charge in [0.25, 0.3) is 0 Å². The number of rotatable bonds is 8. The Labute approximate surface area is 182 Å². The summed E-state index contributed by atoms with van der Waals surface area (Å²) in [5.74, 6) is 0.270. The zero-order valence-electron chi connectivity index (χ0n) is 17.7. The number of aliphatic hydroxyl groups is 1. The largest absolute Gasteiger partial charge is 0.383 e. The lowest BCUT2D eigenvalue weighted by Crippen LogP contribution is -2.20. The zero-order valence-corrected chi connectivity index (χ0v) is 19.3. The van der Waals surface area contributed by atoms with Crippen molar-refractivity contribution >= 4 is 26.8 Å². The first-order chi connectivity index (χ1) is 14.1. The van der Waals surface area contributed by atoms with Gasteiger partial charge in [-0.15, -0.1) is 11.3 Å². The maximum absolute atomic E-state index is 13.0. The van der Waals surface area contributed by atoms with Crippen LogP contribution < -0.4 is 0 Å². The Morgan fingerprint density at radius 2 is 2.07 bits per heavy atom. The molecule has 2 aliphatic carbocycles. The number of benzene rings is 1. The van der Waals surface area contributed by atoms with E-state index in [1.54, 1.807) is 13.8 Å². The van der Waals surface area contributed by atoms with Crippen molar-refractivity contribution in [3.8, 4) is 0 Å². The molecule has 5 nitrogen and oxygen atoms in total. The van der Waals surface area contributed by atoms with Crippen molar-refractivity contribution in [2.45, 2.75) is 75.0 Å². The molecule has 162 valence electrons. The number of carbonyl (C=O) groups is 1. The fourth-order valence-corrected chi connectivity index (χ4v) is 6.98. The average Bonchev–Trinajstić information content (AvgIpc) is 3.28. The molecule has 1 atom stereocenters. The van der Waals surface area contributed by atoms with E-state index in [1.807, 2.05) is 0 Å². The van der Waals surface area contributed by atoms with Gasteiger partial charge >= 0.3 is 0 Å². The Bertz CT molecular complexity index is 1060. The van der Waals surface area contributed by atoms with E-state index in [0.717, 1.165) is 48.5 Å². The van der Waals surface area contributed by atoms with E-state index in [0.29, 0.717) is 5.01 Å². The van der Waals surface area contributed by atoms with Gasteiger partial charge < -0.3 is 5.11 Å². The van der Waals surface area contributed by atoms with Gasteiger partial charge in [0.1, 0.15) is 14.8 Å². The number of nitrogens with zero attached hydrogens (tertiary/aromatic N) is 1. The van der Waals surface area contributed by atoms with Gasteiger partial charge in [0.05, 0.1) is 21.7 Å². The van der Waals surface area contributed by atoms with Crippen molar-refractivity contribution in [1.82, 2.24) is 4.98 Å². The van der Waals surface area contributed by atoms with Crippen molar-refractivity contribution in [3.63, 3.8) is 0 Å². The van der Waals surface area contributed by atoms with Crippen LogP contribution in [0.3, 0.4) is 0 Å². The average molecular weight is 447 g/mol. The molecular formula is C23H30N2O3S2. The van der Waals surface area contributed by atoms with Crippen molar-refractivity contribution in [2.24, 2.45) is 5.92 Å². The van der Waals surface area contributed by atoms with Crippen LogP contribution in [0.2, 0.25) is 0 Å². The highest BCUT2D eigenvalue weighted by atomic mass is 32.2. The van der Waals surface area contributed by atoms with Crippen LogP contribution in [0.15, 0.2) is 22.5 Å². The number of fused-ring (bicyclic) bond motifs is 1. The second kappa shape index (κ2) is 8.17. The van der Waals surface area contributed by atoms with E-state index >= 15 is 0 Å². The van der Waals surface area contributed by atoms with Crippen LogP contribution in [0.5, 0.6) is 0 Å². The number of hydrogen-bond acceptors (Lipinski definition) is 6. The lowest BCUT2D eigenvalue weighted by Gasteiger charge is -2.27. The molecule has 1 unspecified atom stereocenters. The van der Waals surface area contributed by atoms with Crippen molar-refractivity contribution in [2.75, 3.05) is 5.75 Å². The normalized spacial score (nSPS) is 18.6. The summed E-state index contributed by atoms with van der Waals surface area (Å²) < 4.78 is 21.6. The number of nitrogens with one attached hydrogen (secondary N) is 1. The summed E-state index contributed by atoms with van der Waals surface area (Å²) in [6.07, 6.45) is 9.69. The molecule has 0 saturated heterocycles. The highest BCUT2D eigenvalue weighted by molar-refractivity contribution is 7.95. The zero-order chi connectivity index (χ0) is 21.5. The van der Waals surface area contributed by atoms with Crippen LogP contribution in [-0.2, 0) is 45.8 Å². The van der Waals surface area contributed by atoms with E-state index in [2.05, 4.69) is 17.1 Å². The molecule has 2 aromatic rings. The number of carbonyl (C=O) groups excluding carboxylic acids is 1. The molecule has 0 amide bonds. The highest BCUT2D eigenvalue weighted by Crippen LogP contribution is 2.35. The second-order valence-electron chi connectivity index (χ2n) is 9.27. The van der Waals surface area contributed by atoms with Gasteiger partial charge in [-0.2, -0.15) is 0 Å². The molecule has 0 aliphatic heterocycles. The Morgan fingerprint density at radius 3 is 2.70 bits per heavy atom. The topological polar surface area (TPSA) is 91.1 Å². The fourth-order valence-electron chi connectivity index (χ4n) is 4.45. The molecule has 1 saturated carbocycles. The minimum absolute atomic E-state index is 0.150. The molecule has 7 heteroatoms. The first kappa shape index (κ1) is 21.7. The molecule has 1 aromatic carbocycles. The first-order valence-corrected chi connectivity index (χ1v) is 13.3. The van der Waals surface area contributed by atoms with E-state index in [9.17, 15) is 14.1 Å². The molecule has 1 heterocycles. The van der Waals surface area contributed by atoms with Gasteiger partial charge in [0, 0.05) is 6.42 Å². The molecular weight excluding hydrogens is 416 g/mol. The number of aromatic nitrogens is 1. The molecule has 0 spiro atoms. The fraction of sp³-hybridized carbons (Fsp3) is 0.565. The number of aryl methyl sites for hydroxylation is 1. The quantitative estimate of drug-likeness (QED) is 0.628. The summed E-state index contributed by atoms with van der Waals surface area (Å²) in [7, 11) is -3.27. The van der Waals surface area contributed by atoms with Crippen LogP contribution >= 0.6 is 11.3 Å².